The molecule has 1 unspecified atom stereocenters. The molecule has 21 heavy (non-hydrogen) atoms. The van der Waals surface area contributed by atoms with E-state index < -0.39 is 11.5 Å². The highest BCUT2D eigenvalue weighted by atomic mass is 32.1. The van der Waals surface area contributed by atoms with Gasteiger partial charge in [0.25, 0.3) is 5.91 Å². The number of carbonyl (C=O) groups excluding carboxylic acids is 1. The van der Waals surface area contributed by atoms with Crippen LogP contribution in [0.2, 0.25) is 0 Å². The quantitative estimate of drug-likeness (QED) is 0.748. The van der Waals surface area contributed by atoms with Gasteiger partial charge in [-0.05, 0) is 13.8 Å². The fraction of sp³-hybridized carbons (Fsp3) is 0.615. The van der Waals surface area contributed by atoms with E-state index in [-0.39, 0.29) is 18.9 Å². The number of nitrogens with one attached hydrogen (secondary N) is 1. The first-order valence-electron chi connectivity index (χ1n) is 6.30. The number of hydrogen-bond acceptors (Lipinski definition) is 6. The smallest absolute Gasteiger partial charge is 0.305 e. The second kappa shape index (κ2) is 7.48. The summed E-state index contributed by atoms with van der Waals surface area (Å²) in [5.74, 6) is -1.36. The second-order valence-corrected chi connectivity index (χ2v) is 6.06. The first kappa shape index (κ1) is 17.5. The monoisotopic (exact) mass is 316 g/mol. The molecule has 0 fully saturated rings. The van der Waals surface area contributed by atoms with Crippen molar-refractivity contribution in [3.63, 3.8) is 0 Å². The summed E-state index contributed by atoms with van der Waals surface area (Å²) in [6.07, 6.45) is -0.227. The van der Waals surface area contributed by atoms with Gasteiger partial charge in [0, 0.05) is 14.2 Å². The van der Waals surface area contributed by atoms with Crippen molar-refractivity contribution in [1.82, 2.24) is 10.3 Å². The molecule has 0 aliphatic rings. The van der Waals surface area contributed by atoms with Gasteiger partial charge in [0.1, 0.15) is 9.88 Å². The summed E-state index contributed by atoms with van der Waals surface area (Å²) in [6, 6.07) is 0. The molecule has 1 atom stereocenters. The fourth-order valence-electron chi connectivity index (χ4n) is 1.96. The molecule has 1 heterocycles. The molecule has 0 aromatic carbocycles. The predicted octanol–water partition coefficient (Wildman–Crippen LogP) is 1.21. The van der Waals surface area contributed by atoms with Crippen molar-refractivity contribution in [3.8, 4) is 0 Å². The number of carboxylic acid groups (broad SMARTS) is 1. The van der Waals surface area contributed by atoms with Crippen LogP contribution in [0, 0.1) is 6.92 Å². The van der Waals surface area contributed by atoms with E-state index in [1.165, 1.54) is 18.4 Å². The number of rotatable bonds is 8. The molecule has 8 heteroatoms. The van der Waals surface area contributed by atoms with Gasteiger partial charge in [-0.25, -0.2) is 4.98 Å². The molecule has 2 N–H and O–H groups in total. The number of aryl methyl sites for hydroxylation is 1. The molecular weight excluding hydrogens is 296 g/mol. The molecule has 1 rings (SSSR count). The highest BCUT2D eigenvalue weighted by Crippen LogP contribution is 2.20. The average Bonchev–Trinajstić information content (AvgIpc) is 2.69. The van der Waals surface area contributed by atoms with Gasteiger partial charge >= 0.3 is 5.97 Å². The Balaban J connectivity index is 2.88. The highest BCUT2D eigenvalue weighted by molar-refractivity contribution is 7.13. The SMILES string of the molecule is COCc1nc(C)c(C(=O)NC(C)(COC)CC(=O)O)s1. The van der Waals surface area contributed by atoms with Crippen molar-refractivity contribution < 1.29 is 24.2 Å². The Kier molecular flexibility index (Phi) is 6.25. The maximum absolute atomic E-state index is 12.3. The van der Waals surface area contributed by atoms with Crippen LogP contribution in [0.5, 0.6) is 0 Å². The van der Waals surface area contributed by atoms with E-state index in [4.69, 9.17) is 14.6 Å². The summed E-state index contributed by atoms with van der Waals surface area (Å²) in [7, 11) is 3.01. The molecule has 0 aliphatic carbocycles. The Morgan fingerprint density at radius 3 is 2.57 bits per heavy atom. The van der Waals surface area contributed by atoms with Gasteiger partial charge in [-0.1, -0.05) is 0 Å². The van der Waals surface area contributed by atoms with E-state index >= 15 is 0 Å². The number of carboxylic acids is 1. The molecule has 1 aromatic heterocycles. The van der Waals surface area contributed by atoms with Gasteiger partial charge in [0.2, 0.25) is 0 Å². The van der Waals surface area contributed by atoms with Crippen molar-refractivity contribution in [2.75, 3.05) is 20.8 Å². The molecule has 0 spiro atoms. The van der Waals surface area contributed by atoms with Crippen LogP contribution >= 0.6 is 11.3 Å². The molecule has 0 bridgehead atoms. The number of methoxy groups -OCH3 is 2. The van der Waals surface area contributed by atoms with Crippen LogP contribution in [-0.4, -0.2) is 48.3 Å². The number of amides is 1. The van der Waals surface area contributed by atoms with Crippen molar-refractivity contribution >= 4 is 23.2 Å². The second-order valence-electron chi connectivity index (χ2n) is 4.97. The summed E-state index contributed by atoms with van der Waals surface area (Å²) in [4.78, 5) is 28.0. The molecule has 1 aromatic rings. The molecule has 1 amide bonds. The van der Waals surface area contributed by atoms with E-state index in [0.717, 1.165) is 0 Å². The van der Waals surface area contributed by atoms with Gasteiger partial charge in [-0.3, -0.25) is 9.59 Å². The van der Waals surface area contributed by atoms with E-state index in [1.54, 1.807) is 21.0 Å². The highest BCUT2D eigenvalue weighted by Gasteiger charge is 2.31. The van der Waals surface area contributed by atoms with Gasteiger partial charge in [0.05, 0.1) is 30.9 Å². The van der Waals surface area contributed by atoms with Crippen LogP contribution in [0.3, 0.4) is 0 Å². The molecular formula is C13H20N2O5S. The third-order valence-corrected chi connectivity index (χ3v) is 3.86. The number of aliphatic carboxylic acids is 1. The summed E-state index contributed by atoms with van der Waals surface area (Å²) >= 11 is 1.23. The Morgan fingerprint density at radius 2 is 2.05 bits per heavy atom. The number of thiazole rings is 1. The summed E-state index contributed by atoms with van der Waals surface area (Å²) in [5.41, 5.74) is -0.380. The Labute approximate surface area is 127 Å². The van der Waals surface area contributed by atoms with E-state index in [0.29, 0.717) is 22.2 Å². The lowest BCUT2D eigenvalue weighted by Gasteiger charge is -2.28. The molecule has 0 aliphatic heterocycles. The largest absolute Gasteiger partial charge is 0.481 e. The lowest BCUT2D eigenvalue weighted by molar-refractivity contribution is -0.139. The first-order valence-corrected chi connectivity index (χ1v) is 7.11. The normalized spacial score (nSPS) is 13.7. The minimum absolute atomic E-state index is 0.105. The third-order valence-electron chi connectivity index (χ3n) is 2.73. The Morgan fingerprint density at radius 1 is 1.38 bits per heavy atom. The molecule has 7 nitrogen and oxygen atoms in total. The van der Waals surface area contributed by atoms with Gasteiger partial charge < -0.3 is 19.9 Å². The lowest BCUT2D eigenvalue weighted by atomic mass is 9.99. The Bertz CT molecular complexity index is 517. The fourth-order valence-corrected chi connectivity index (χ4v) is 2.89. The van der Waals surface area contributed by atoms with Crippen molar-refractivity contribution in [2.45, 2.75) is 32.4 Å². The third kappa shape index (κ3) is 5.07. The van der Waals surface area contributed by atoms with Crippen LogP contribution in [-0.2, 0) is 20.9 Å². The minimum atomic E-state index is -1.00. The predicted molar refractivity (Wildman–Crippen MR) is 77.6 cm³/mol. The molecule has 0 saturated carbocycles. The standard InChI is InChI=1S/C13H20N2O5S/c1-8-11(21-9(14-8)6-19-3)12(18)15-13(2,7-20-4)5-10(16)17/h5-7H2,1-4H3,(H,15,18)(H,16,17). The zero-order valence-corrected chi connectivity index (χ0v) is 13.4. The van der Waals surface area contributed by atoms with Crippen LogP contribution in [0.15, 0.2) is 0 Å². The van der Waals surface area contributed by atoms with Gasteiger partial charge in [-0.15, -0.1) is 11.3 Å². The van der Waals surface area contributed by atoms with Crippen molar-refractivity contribution in [3.05, 3.63) is 15.6 Å². The zero-order chi connectivity index (χ0) is 16.0. The molecule has 0 saturated heterocycles. The van der Waals surface area contributed by atoms with Crippen molar-refractivity contribution in [2.24, 2.45) is 0 Å². The topological polar surface area (TPSA) is 97.8 Å². The number of hydrogen-bond donors (Lipinski definition) is 2. The van der Waals surface area contributed by atoms with Crippen LogP contribution < -0.4 is 5.32 Å². The van der Waals surface area contributed by atoms with E-state index in [2.05, 4.69) is 10.3 Å². The number of ether oxygens (including phenoxy) is 2. The lowest BCUT2D eigenvalue weighted by Crippen LogP contribution is -2.50. The Hall–Kier alpha value is -1.51. The summed E-state index contributed by atoms with van der Waals surface area (Å²) < 4.78 is 9.99. The summed E-state index contributed by atoms with van der Waals surface area (Å²) in [6.45, 7) is 3.81. The minimum Gasteiger partial charge on any atom is -0.481 e. The zero-order valence-electron chi connectivity index (χ0n) is 12.6. The van der Waals surface area contributed by atoms with E-state index in [9.17, 15) is 9.59 Å². The maximum Gasteiger partial charge on any atom is 0.305 e. The molecule has 118 valence electrons. The van der Waals surface area contributed by atoms with Gasteiger partial charge in [-0.2, -0.15) is 0 Å². The first-order chi connectivity index (χ1) is 9.81. The number of nitrogens with zero attached hydrogens (tertiary/aromatic N) is 1. The van der Waals surface area contributed by atoms with Gasteiger partial charge in [0.15, 0.2) is 0 Å². The number of aromatic nitrogens is 1. The molecule has 0 radical (unpaired) electrons. The van der Waals surface area contributed by atoms with Crippen LogP contribution in [0.4, 0.5) is 0 Å². The van der Waals surface area contributed by atoms with Crippen molar-refractivity contribution in [1.29, 1.82) is 0 Å². The number of carbonyl (C=O) groups is 2. The van der Waals surface area contributed by atoms with E-state index in [1.807, 2.05) is 0 Å². The summed E-state index contributed by atoms with van der Waals surface area (Å²) in [5, 5.41) is 12.4. The average molecular weight is 316 g/mol. The van der Waals surface area contributed by atoms with Crippen LogP contribution in [0.1, 0.15) is 33.7 Å². The maximum atomic E-state index is 12.3. The van der Waals surface area contributed by atoms with Crippen LogP contribution in [0.25, 0.3) is 0 Å².